The molecular weight excluding hydrogens is 934 g/mol. The van der Waals surface area contributed by atoms with E-state index in [0.29, 0.717) is 11.4 Å². The first-order chi connectivity index (χ1) is 31.3. The number of hydrogen-bond donors (Lipinski definition) is 4. The Kier molecular flexibility index (Phi) is 17.5. The predicted molar refractivity (Wildman–Crippen MR) is 255 cm³/mol. The Hall–Kier alpha value is -6.72. The van der Waals surface area contributed by atoms with Crippen LogP contribution in [0.15, 0.2) is 118 Å². The van der Waals surface area contributed by atoms with Crippen molar-refractivity contribution in [3.8, 4) is 11.5 Å². The SMILES string of the molecule is COc1cc(NC(=O)C(N=Nc2cc(Cl)cc(C(=O)Nc3cccc(C(C)Cl)c3)c2)C(C)=O)c(OC)cc1NC(=O)C(N=Nc1cc(Cl)cc(C(=O)Nc2cccc(C(C)Cl)c2)c1)C(C)=O. The number of halogens is 4. The summed E-state index contributed by atoms with van der Waals surface area (Å²) in [5.74, 6) is -4.18. The summed E-state index contributed by atoms with van der Waals surface area (Å²) in [5, 5.41) is 26.4. The molecule has 0 heterocycles. The van der Waals surface area contributed by atoms with Gasteiger partial charge in [0.25, 0.3) is 23.6 Å². The number of azo groups is 2. The second-order valence-electron chi connectivity index (χ2n) is 14.5. The minimum Gasteiger partial charge on any atom is -0.494 e. The van der Waals surface area contributed by atoms with Crippen LogP contribution in [0, 0.1) is 0 Å². The van der Waals surface area contributed by atoms with E-state index < -0.39 is 47.3 Å². The Balaban J connectivity index is 1.30. The minimum absolute atomic E-state index is 0.00450. The van der Waals surface area contributed by atoms with Gasteiger partial charge in [-0.15, -0.1) is 23.2 Å². The van der Waals surface area contributed by atoms with Crippen LogP contribution in [0.2, 0.25) is 10.0 Å². The van der Waals surface area contributed by atoms with Gasteiger partial charge >= 0.3 is 0 Å². The molecular formula is C46H42Cl4N8O8. The number of rotatable bonds is 18. The van der Waals surface area contributed by atoms with Crippen LogP contribution in [-0.4, -0.2) is 61.5 Å². The van der Waals surface area contributed by atoms with Crippen molar-refractivity contribution in [1.82, 2.24) is 0 Å². The average Bonchev–Trinajstić information content (AvgIpc) is 3.26. The largest absolute Gasteiger partial charge is 0.494 e. The zero-order chi connectivity index (χ0) is 48.2. The molecule has 20 heteroatoms. The maximum atomic E-state index is 13.5. The highest BCUT2D eigenvalue weighted by Crippen LogP contribution is 2.37. The van der Waals surface area contributed by atoms with Crippen LogP contribution in [0.3, 0.4) is 0 Å². The van der Waals surface area contributed by atoms with Crippen molar-refractivity contribution in [2.24, 2.45) is 20.5 Å². The molecule has 4 amide bonds. The molecule has 4 unspecified atom stereocenters. The number of nitrogens with zero attached hydrogens (tertiary/aromatic N) is 4. The van der Waals surface area contributed by atoms with Gasteiger partial charge in [-0.1, -0.05) is 47.5 Å². The maximum absolute atomic E-state index is 13.5. The fourth-order valence-electron chi connectivity index (χ4n) is 6.04. The number of ether oxygens (including phenoxy) is 2. The molecule has 16 nitrogen and oxygen atoms in total. The summed E-state index contributed by atoms with van der Waals surface area (Å²) in [5.41, 5.74) is 3.05. The molecule has 0 aliphatic heterocycles. The van der Waals surface area contributed by atoms with Crippen molar-refractivity contribution in [3.63, 3.8) is 0 Å². The molecule has 342 valence electrons. The zero-order valence-electron chi connectivity index (χ0n) is 36.1. The highest BCUT2D eigenvalue weighted by atomic mass is 35.5. The second kappa shape index (κ2) is 22.9. The summed E-state index contributed by atoms with van der Waals surface area (Å²) in [6, 6.07) is 21.7. The molecule has 0 spiro atoms. The van der Waals surface area contributed by atoms with Gasteiger partial charge in [0.15, 0.2) is 11.6 Å². The number of ketones is 2. The fraction of sp³-hybridized carbons (Fsp3) is 0.217. The van der Waals surface area contributed by atoms with Gasteiger partial charge in [-0.05, 0) is 99.5 Å². The minimum atomic E-state index is -1.67. The summed E-state index contributed by atoms with van der Waals surface area (Å²) < 4.78 is 11.0. The van der Waals surface area contributed by atoms with E-state index in [2.05, 4.69) is 41.7 Å². The number of alkyl halides is 2. The van der Waals surface area contributed by atoms with E-state index in [9.17, 15) is 28.8 Å². The molecule has 5 aromatic carbocycles. The van der Waals surface area contributed by atoms with Crippen molar-refractivity contribution in [1.29, 1.82) is 0 Å². The van der Waals surface area contributed by atoms with Gasteiger partial charge in [0.05, 0.1) is 47.7 Å². The van der Waals surface area contributed by atoms with Crippen LogP contribution >= 0.6 is 46.4 Å². The van der Waals surface area contributed by atoms with Crippen molar-refractivity contribution in [2.75, 3.05) is 35.5 Å². The van der Waals surface area contributed by atoms with Crippen LogP contribution in [0.4, 0.5) is 34.1 Å². The normalized spacial score (nSPS) is 13.0. The topological polar surface area (TPSA) is 218 Å². The Morgan fingerprint density at radius 2 is 0.909 bits per heavy atom. The molecule has 4 N–H and O–H groups in total. The van der Waals surface area contributed by atoms with Gasteiger partial charge in [0.2, 0.25) is 12.1 Å². The summed E-state index contributed by atoms with van der Waals surface area (Å²) in [6.45, 7) is 5.89. The number of carbonyl (C=O) groups is 6. The van der Waals surface area contributed by atoms with Crippen LogP contribution in [0.5, 0.6) is 11.5 Å². The Morgan fingerprint density at radius 3 is 1.24 bits per heavy atom. The highest BCUT2D eigenvalue weighted by Gasteiger charge is 2.28. The summed E-state index contributed by atoms with van der Waals surface area (Å²) in [4.78, 5) is 78.7. The predicted octanol–water partition coefficient (Wildman–Crippen LogP) is 11.5. The molecule has 0 aliphatic carbocycles. The summed E-state index contributed by atoms with van der Waals surface area (Å²) in [6.07, 6.45) is 0. The molecule has 0 radical (unpaired) electrons. The lowest BCUT2D eigenvalue weighted by atomic mass is 10.1. The molecule has 0 bridgehead atoms. The van der Waals surface area contributed by atoms with E-state index in [1.54, 1.807) is 50.2 Å². The van der Waals surface area contributed by atoms with E-state index in [1.165, 1.54) is 62.8 Å². The number of anilines is 4. The van der Waals surface area contributed by atoms with E-state index in [4.69, 9.17) is 55.9 Å². The number of benzene rings is 5. The van der Waals surface area contributed by atoms with Gasteiger partial charge in [0, 0.05) is 44.7 Å². The standard InChI is InChI=1S/C46H42Cl4N8O8/c1-23(47)27-9-7-11-33(15-27)51-43(61)29-13-31(49)19-35(17-29)55-57-41(25(3)59)45(63)53-37-21-40(66-6)38(22-39(37)65-5)54-46(64)42(26(4)60)58-56-36-18-30(14-32(50)20-36)44(62)52-34-12-8-10-28(16-34)24(2)48/h7-24,41-42H,1-6H3,(H,51,61)(H,52,62)(H,53,63)(H,54,64). The van der Waals surface area contributed by atoms with Crippen molar-refractivity contribution >= 4 is 116 Å². The quantitative estimate of drug-likeness (QED) is 0.0375. The first-order valence-electron chi connectivity index (χ1n) is 19.8. The van der Waals surface area contributed by atoms with E-state index >= 15 is 0 Å². The third-order valence-corrected chi connectivity index (χ3v) is 10.3. The van der Waals surface area contributed by atoms with Crippen LogP contribution < -0.4 is 30.7 Å². The van der Waals surface area contributed by atoms with Gasteiger partial charge in [-0.25, -0.2) is 0 Å². The third kappa shape index (κ3) is 13.7. The van der Waals surface area contributed by atoms with Gasteiger partial charge in [0.1, 0.15) is 11.5 Å². The van der Waals surface area contributed by atoms with E-state index in [-0.39, 0.29) is 66.2 Å². The lowest BCUT2D eigenvalue weighted by Crippen LogP contribution is -2.32. The number of carbonyl (C=O) groups excluding carboxylic acids is 6. The van der Waals surface area contributed by atoms with Crippen LogP contribution in [0.25, 0.3) is 0 Å². The molecule has 0 saturated carbocycles. The number of amides is 4. The van der Waals surface area contributed by atoms with Gasteiger partial charge in [-0.3, -0.25) is 28.8 Å². The number of Topliss-reactive ketones (excluding diaryl/α,β-unsaturated/α-hetero) is 2. The van der Waals surface area contributed by atoms with Gasteiger partial charge in [-0.2, -0.15) is 20.5 Å². The van der Waals surface area contributed by atoms with Crippen LogP contribution in [0.1, 0.15) is 70.3 Å². The molecule has 0 aliphatic rings. The third-order valence-electron chi connectivity index (χ3n) is 9.38. The van der Waals surface area contributed by atoms with Crippen molar-refractivity contribution in [2.45, 2.75) is 50.5 Å². The smallest absolute Gasteiger partial charge is 0.258 e. The van der Waals surface area contributed by atoms with Crippen molar-refractivity contribution in [3.05, 3.63) is 129 Å². The number of nitrogens with one attached hydrogen (secondary N) is 4. The molecule has 5 rings (SSSR count). The lowest BCUT2D eigenvalue weighted by molar-refractivity contribution is -0.127. The molecule has 4 atom stereocenters. The Morgan fingerprint density at radius 1 is 0.530 bits per heavy atom. The summed E-state index contributed by atoms with van der Waals surface area (Å²) >= 11 is 25.0. The Labute approximate surface area is 399 Å². The van der Waals surface area contributed by atoms with Crippen molar-refractivity contribution < 1.29 is 38.2 Å². The zero-order valence-corrected chi connectivity index (χ0v) is 39.1. The first-order valence-corrected chi connectivity index (χ1v) is 21.4. The van der Waals surface area contributed by atoms with Gasteiger partial charge < -0.3 is 30.7 Å². The molecule has 0 saturated heterocycles. The highest BCUT2D eigenvalue weighted by molar-refractivity contribution is 6.32. The fourth-order valence-corrected chi connectivity index (χ4v) is 6.77. The Bertz CT molecular complexity index is 2560. The molecule has 5 aromatic rings. The number of hydrogen-bond acceptors (Lipinski definition) is 12. The van der Waals surface area contributed by atoms with E-state index in [0.717, 1.165) is 25.0 Å². The molecule has 66 heavy (non-hydrogen) atoms. The first kappa shape index (κ1) is 50.3. The van der Waals surface area contributed by atoms with Crippen LogP contribution in [-0.2, 0) is 19.2 Å². The number of methoxy groups -OCH3 is 2. The second-order valence-corrected chi connectivity index (χ2v) is 16.7. The molecule has 0 aromatic heterocycles. The monoisotopic (exact) mass is 974 g/mol. The van der Waals surface area contributed by atoms with E-state index in [1.807, 2.05) is 12.1 Å². The summed E-state index contributed by atoms with van der Waals surface area (Å²) in [7, 11) is 2.58. The maximum Gasteiger partial charge on any atom is 0.258 e. The molecule has 0 fully saturated rings. The lowest BCUT2D eigenvalue weighted by Gasteiger charge is -2.18. The average molecular weight is 977 g/mol.